The molecule has 5 nitrogen and oxygen atoms in total. The Bertz CT molecular complexity index is 838. The second-order valence-corrected chi connectivity index (χ2v) is 5.29. The number of aliphatic carboxylic acids is 1. The van der Waals surface area contributed by atoms with Crippen molar-refractivity contribution in [2.45, 2.75) is 26.7 Å². The van der Waals surface area contributed by atoms with Crippen LogP contribution in [0.25, 0.3) is 16.8 Å². The van der Waals surface area contributed by atoms with Crippen LogP contribution in [0.15, 0.2) is 36.5 Å². The number of benzene rings is 1. The number of hydrogen-bond donors (Lipinski definition) is 0. The highest BCUT2D eigenvalue weighted by Gasteiger charge is 2.14. The maximum atomic E-state index is 10.7. The third-order valence-electron chi connectivity index (χ3n) is 3.87. The molecule has 0 saturated carbocycles. The number of hydrogen-bond acceptors (Lipinski definition) is 4. The minimum absolute atomic E-state index is 0.0122. The van der Waals surface area contributed by atoms with Crippen molar-refractivity contribution in [1.82, 2.24) is 14.6 Å². The van der Waals surface area contributed by atoms with Crippen LogP contribution in [0.5, 0.6) is 0 Å². The molecule has 3 rings (SSSR count). The molecule has 0 saturated heterocycles. The molecule has 3 aromatic rings. The van der Waals surface area contributed by atoms with Gasteiger partial charge in [-0.05, 0) is 37.8 Å². The predicted octanol–water partition coefficient (Wildman–Crippen LogP) is 1.70. The van der Waals surface area contributed by atoms with Crippen molar-refractivity contribution in [2.24, 2.45) is 0 Å². The zero-order valence-corrected chi connectivity index (χ0v) is 12.5. The van der Waals surface area contributed by atoms with Crippen LogP contribution in [0, 0.1) is 13.8 Å². The number of fused-ring (bicyclic) bond motifs is 1. The van der Waals surface area contributed by atoms with Crippen molar-refractivity contribution in [3.63, 3.8) is 0 Å². The fraction of sp³-hybridized carbons (Fsp3) is 0.235. The van der Waals surface area contributed by atoms with Gasteiger partial charge in [-0.25, -0.2) is 9.50 Å². The quantitative estimate of drug-likeness (QED) is 0.734. The molecule has 0 radical (unpaired) electrons. The molecule has 0 atom stereocenters. The predicted molar refractivity (Wildman–Crippen MR) is 81.2 cm³/mol. The van der Waals surface area contributed by atoms with Crippen molar-refractivity contribution in [2.75, 3.05) is 0 Å². The number of aryl methyl sites for hydroxylation is 2. The van der Waals surface area contributed by atoms with Gasteiger partial charge >= 0.3 is 0 Å². The van der Waals surface area contributed by atoms with Gasteiger partial charge in [-0.15, -0.1) is 0 Å². The number of aromatic nitrogens is 3. The average Bonchev–Trinajstić information content (AvgIpc) is 2.91. The number of carboxylic acids is 1. The van der Waals surface area contributed by atoms with Gasteiger partial charge in [0.25, 0.3) is 0 Å². The lowest BCUT2D eigenvalue weighted by molar-refractivity contribution is -0.305. The van der Waals surface area contributed by atoms with Crippen LogP contribution in [0.1, 0.15) is 23.4 Å². The first-order valence-electron chi connectivity index (χ1n) is 7.17. The molecule has 2 aromatic heterocycles. The van der Waals surface area contributed by atoms with Gasteiger partial charge < -0.3 is 9.90 Å². The van der Waals surface area contributed by atoms with Crippen molar-refractivity contribution >= 4 is 11.6 Å². The standard InChI is InChI=1S/C17H17N3O2/c1-11-14(8-9-16(21)22)12(2)20-17(19-11)15(10-18-20)13-6-4-3-5-7-13/h3-7,10H,8-9H2,1-2H3,(H,21,22)/p-1. The highest BCUT2D eigenvalue weighted by atomic mass is 16.4. The lowest BCUT2D eigenvalue weighted by atomic mass is 10.1. The number of carboxylic acid groups (broad SMARTS) is 1. The summed E-state index contributed by atoms with van der Waals surface area (Å²) >= 11 is 0. The molecule has 0 amide bonds. The number of carbonyl (C=O) groups excluding carboxylic acids is 1. The Morgan fingerprint density at radius 2 is 1.95 bits per heavy atom. The van der Waals surface area contributed by atoms with Gasteiger partial charge in [0.2, 0.25) is 0 Å². The highest BCUT2D eigenvalue weighted by molar-refractivity contribution is 5.77. The average molecular weight is 294 g/mol. The van der Waals surface area contributed by atoms with Crippen LogP contribution in [0.3, 0.4) is 0 Å². The lowest BCUT2D eigenvalue weighted by Crippen LogP contribution is -2.23. The van der Waals surface area contributed by atoms with E-state index in [1.54, 1.807) is 10.7 Å². The maximum Gasteiger partial charge on any atom is 0.163 e. The van der Waals surface area contributed by atoms with Gasteiger partial charge in [0, 0.05) is 22.9 Å². The zero-order chi connectivity index (χ0) is 15.7. The Kier molecular flexibility index (Phi) is 3.63. The van der Waals surface area contributed by atoms with Crippen LogP contribution in [0.2, 0.25) is 0 Å². The molecule has 0 aliphatic carbocycles. The SMILES string of the molecule is Cc1nc2c(-c3ccccc3)cnn2c(C)c1CCC(=O)[O-]. The Morgan fingerprint density at radius 1 is 1.23 bits per heavy atom. The Labute approximate surface area is 128 Å². The molecule has 0 spiro atoms. The molecule has 112 valence electrons. The maximum absolute atomic E-state index is 10.7. The number of rotatable bonds is 4. The second-order valence-electron chi connectivity index (χ2n) is 5.29. The first-order valence-corrected chi connectivity index (χ1v) is 7.17. The molecule has 1 aromatic carbocycles. The lowest BCUT2D eigenvalue weighted by Gasteiger charge is -2.12. The van der Waals surface area contributed by atoms with Gasteiger partial charge in [-0.2, -0.15) is 5.10 Å². The normalized spacial score (nSPS) is 11.0. The third kappa shape index (κ3) is 2.45. The van der Waals surface area contributed by atoms with Gasteiger partial charge in [0.05, 0.1) is 6.20 Å². The van der Waals surface area contributed by atoms with Crippen LogP contribution in [0.4, 0.5) is 0 Å². The van der Waals surface area contributed by atoms with Crippen LogP contribution >= 0.6 is 0 Å². The molecular weight excluding hydrogens is 278 g/mol. The van der Waals surface area contributed by atoms with E-state index in [2.05, 4.69) is 10.1 Å². The summed E-state index contributed by atoms with van der Waals surface area (Å²) in [4.78, 5) is 15.3. The molecule has 0 aliphatic rings. The summed E-state index contributed by atoms with van der Waals surface area (Å²) < 4.78 is 1.78. The molecule has 0 N–H and O–H groups in total. The monoisotopic (exact) mass is 294 g/mol. The number of nitrogens with zero attached hydrogens (tertiary/aromatic N) is 3. The first-order chi connectivity index (χ1) is 10.6. The summed E-state index contributed by atoms with van der Waals surface area (Å²) in [5.74, 6) is -1.05. The summed E-state index contributed by atoms with van der Waals surface area (Å²) in [6.07, 6.45) is 2.19. The molecule has 0 fully saturated rings. The molecule has 0 bridgehead atoms. The highest BCUT2D eigenvalue weighted by Crippen LogP contribution is 2.25. The molecule has 22 heavy (non-hydrogen) atoms. The topological polar surface area (TPSA) is 70.3 Å². The largest absolute Gasteiger partial charge is 0.550 e. The summed E-state index contributed by atoms with van der Waals surface area (Å²) in [5, 5.41) is 15.1. The van der Waals surface area contributed by atoms with E-state index in [1.807, 2.05) is 44.2 Å². The summed E-state index contributed by atoms with van der Waals surface area (Å²) in [5.41, 5.74) is 5.50. The molecule has 0 aliphatic heterocycles. The minimum Gasteiger partial charge on any atom is -0.550 e. The van der Waals surface area contributed by atoms with Crippen LogP contribution < -0.4 is 5.11 Å². The second kappa shape index (κ2) is 5.60. The van der Waals surface area contributed by atoms with E-state index in [4.69, 9.17) is 0 Å². The van der Waals surface area contributed by atoms with E-state index in [9.17, 15) is 9.90 Å². The summed E-state index contributed by atoms with van der Waals surface area (Å²) in [7, 11) is 0. The van der Waals surface area contributed by atoms with Gasteiger partial charge in [0.1, 0.15) is 0 Å². The Balaban J connectivity index is 2.12. The van der Waals surface area contributed by atoms with E-state index >= 15 is 0 Å². The minimum atomic E-state index is -1.05. The number of carbonyl (C=O) groups is 1. The van der Waals surface area contributed by atoms with E-state index < -0.39 is 5.97 Å². The van der Waals surface area contributed by atoms with Crippen molar-refractivity contribution in [3.05, 3.63) is 53.5 Å². The van der Waals surface area contributed by atoms with Gasteiger partial charge in [-0.3, -0.25) is 0 Å². The molecular formula is C17H16N3O2-. The molecule has 2 heterocycles. The summed E-state index contributed by atoms with van der Waals surface area (Å²) in [6, 6.07) is 9.97. The molecule has 0 unspecified atom stereocenters. The van der Waals surface area contributed by atoms with Crippen molar-refractivity contribution in [3.8, 4) is 11.1 Å². The first kappa shape index (κ1) is 14.3. The van der Waals surface area contributed by atoms with E-state index in [1.165, 1.54) is 0 Å². The zero-order valence-electron chi connectivity index (χ0n) is 12.5. The van der Waals surface area contributed by atoms with Gasteiger partial charge in [-0.1, -0.05) is 30.3 Å². The van der Waals surface area contributed by atoms with Crippen LogP contribution in [-0.2, 0) is 11.2 Å². The smallest absolute Gasteiger partial charge is 0.163 e. The van der Waals surface area contributed by atoms with Crippen molar-refractivity contribution in [1.29, 1.82) is 0 Å². The summed E-state index contributed by atoms with van der Waals surface area (Å²) in [6.45, 7) is 3.84. The van der Waals surface area contributed by atoms with Crippen LogP contribution in [-0.4, -0.2) is 20.6 Å². The fourth-order valence-electron chi connectivity index (χ4n) is 2.72. The van der Waals surface area contributed by atoms with E-state index in [0.29, 0.717) is 6.42 Å². The Morgan fingerprint density at radius 3 is 2.64 bits per heavy atom. The molecule has 5 heteroatoms. The van der Waals surface area contributed by atoms with E-state index in [0.717, 1.165) is 33.7 Å². The van der Waals surface area contributed by atoms with Crippen molar-refractivity contribution < 1.29 is 9.90 Å². The van der Waals surface area contributed by atoms with Gasteiger partial charge in [0.15, 0.2) is 5.65 Å². The Hall–Kier alpha value is -2.69. The fourth-order valence-corrected chi connectivity index (χ4v) is 2.72. The third-order valence-corrected chi connectivity index (χ3v) is 3.87. The van der Waals surface area contributed by atoms with E-state index in [-0.39, 0.29) is 6.42 Å².